The molecule has 0 aromatic carbocycles. The van der Waals surface area contributed by atoms with Crippen LogP contribution in [0.25, 0.3) is 0 Å². The molecule has 1 aliphatic rings. The number of allylic oxidation sites excluding steroid dienone is 1. The normalized spacial score (nSPS) is 17.4. The highest BCUT2D eigenvalue weighted by molar-refractivity contribution is 5.68. The fraction of sp³-hybridized carbons (Fsp3) is 0.786. The van der Waals surface area contributed by atoms with Crippen molar-refractivity contribution in [2.24, 2.45) is 5.92 Å². The number of hydrogen-bond donors (Lipinski definition) is 1. The van der Waals surface area contributed by atoms with Crippen LogP contribution >= 0.6 is 0 Å². The zero-order valence-corrected chi connectivity index (χ0v) is 11.3. The lowest BCUT2D eigenvalue weighted by Gasteiger charge is -2.23. The van der Waals surface area contributed by atoms with E-state index in [-0.39, 0.29) is 12.1 Å². The molecular weight excluding hydrogens is 214 g/mol. The minimum atomic E-state index is -0.417. The molecule has 0 saturated heterocycles. The smallest absolute Gasteiger partial charge is 0.407 e. The average Bonchev–Trinajstić information content (AvgIpc) is 2.96. The van der Waals surface area contributed by atoms with Crippen LogP contribution in [0.1, 0.15) is 52.9 Å². The molecule has 0 spiro atoms. The summed E-state index contributed by atoms with van der Waals surface area (Å²) in [6.45, 7) is 9.37. The van der Waals surface area contributed by atoms with E-state index in [0.717, 1.165) is 19.3 Å². The van der Waals surface area contributed by atoms with Crippen molar-refractivity contribution in [1.29, 1.82) is 0 Å². The lowest BCUT2D eigenvalue weighted by Crippen LogP contribution is -2.40. The van der Waals surface area contributed by atoms with Gasteiger partial charge in [0.2, 0.25) is 0 Å². The predicted octanol–water partition coefficient (Wildman–Crippen LogP) is 3.65. The number of unbranched alkanes of at least 4 members (excludes halogenated alkanes) is 1. The van der Waals surface area contributed by atoms with Crippen LogP contribution in [0, 0.1) is 5.92 Å². The number of carbonyl (C=O) groups excluding carboxylic acids is 1. The number of hydrogen-bond acceptors (Lipinski definition) is 2. The van der Waals surface area contributed by atoms with E-state index >= 15 is 0 Å². The molecule has 0 aromatic rings. The Kier molecular flexibility index (Phi) is 5.03. The molecule has 17 heavy (non-hydrogen) atoms. The van der Waals surface area contributed by atoms with Gasteiger partial charge in [0.15, 0.2) is 0 Å². The Morgan fingerprint density at radius 3 is 2.65 bits per heavy atom. The minimum absolute atomic E-state index is 0.282. The Bertz CT molecular complexity index is 264. The summed E-state index contributed by atoms with van der Waals surface area (Å²) < 4.78 is 5.28. The summed E-state index contributed by atoms with van der Waals surface area (Å²) in [6, 6.07) is 0.282. The summed E-state index contributed by atoms with van der Waals surface area (Å²) in [5.41, 5.74) is -0.417. The standard InChI is InChI=1S/C14H25NO2/c1-5-6-7-8-12(11-9-10-11)15-13(16)17-14(2,3)4/h5,11-12H,1,6-10H2,2-4H3,(H,15,16). The Morgan fingerprint density at radius 2 is 2.18 bits per heavy atom. The topological polar surface area (TPSA) is 38.3 Å². The molecule has 0 radical (unpaired) electrons. The summed E-state index contributed by atoms with van der Waals surface area (Å²) in [4.78, 5) is 11.7. The number of rotatable bonds is 6. The van der Waals surface area contributed by atoms with E-state index < -0.39 is 5.60 Å². The SMILES string of the molecule is C=CCCCC(NC(=O)OC(C)(C)C)C1CC1. The molecule has 0 aliphatic heterocycles. The zero-order chi connectivity index (χ0) is 12.9. The maximum absolute atomic E-state index is 11.7. The van der Waals surface area contributed by atoms with Gasteiger partial charge in [-0.2, -0.15) is 0 Å². The van der Waals surface area contributed by atoms with Crippen LogP contribution in [0.3, 0.4) is 0 Å². The van der Waals surface area contributed by atoms with Gasteiger partial charge in [-0.3, -0.25) is 0 Å². The van der Waals surface area contributed by atoms with Crippen molar-refractivity contribution in [1.82, 2.24) is 5.32 Å². The molecule has 1 saturated carbocycles. The average molecular weight is 239 g/mol. The number of carbonyl (C=O) groups is 1. The van der Waals surface area contributed by atoms with E-state index in [1.54, 1.807) is 0 Å². The second kappa shape index (κ2) is 6.08. The first kappa shape index (κ1) is 14.1. The van der Waals surface area contributed by atoms with Gasteiger partial charge in [0.1, 0.15) is 5.60 Å². The van der Waals surface area contributed by atoms with Crippen LogP contribution in [-0.4, -0.2) is 17.7 Å². The second-order valence-electron chi connectivity index (χ2n) is 5.81. The number of alkyl carbamates (subject to hydrolysis) is 1. The third-order valence-electron chi connectivity index (χ3n) is 2.82. The fourth-order valence-electron chi connectivity index (χ4n) is 1.87. The van der Waals surface area contributed by atoms with E-state index in [1.807, 2.05) is 26.8 Å². The zero-order valence-electron chi connectivity index (χ0n) is 11.3. The van der Waals surface area contributed by atoms with Gasteiger partial charge in [-0.25, -0.2) is 4.79 Å². The molecule has 0 aromatic heterocycles. The molecule has 1 atom stereocenters. The van der Waals surface area contributed by atoms with Gasteiger partial charge in [-0.05, 0) is 58.8 Å². The number of amides is 1. The van der Waals surface area contributed by atoms with Crippen molar-refractivity contribution in [3.63, 3.8) is 0 Å². The third-order valence-corrected chi connectivity index (χ3v) is 2.82. The predicted molar refractivity (Wildman–Crippen MR) is 69.9 cm³/mol. The molecule has 3 nitrogen and oxygen atoms in total. The van der Waals surface area contributed by atoms with Gasteiger partial charge in [0.05, 0.1) is 0 Å². The van der Waals surface area contributed by atoms with Gasteiger partial charge in [0.25, 0.3) is 0 Å². The molecule has 1 fully saturated rings. The van der Waals surface area contributed by atoms with E-state index in [9.17, 15) is 4.79 Å². The van der Waals surface area contributed by atoms with Crippen LogP contribution < -0.4 is 5.32 Å². The highest BCUT2D eigenvalue weighted by Crippen LogP contribution is 2.34. The lowest BCUT2D eigenvalue weighted by molar-refractivity contribution is 0.0494. The summed E-state index contributed by atoms with van der Waals surface area (Å²) >= 11 is 0. The summed E-state index contributed by atoms with van der Waals surface area (Å²) in [5.74, 6) is 0.660. The Labute approximate surface area is 105 Å². The molecule has 1 aliphatic carbocycles. The van der Waals surface area contributed by atoms with E-state index in [1.165, 1.54) is 12.8 Å². The van der Waals surface area contributed by atoms with Crippen molar-refractivity contribution >= 4 is 6.09 Å². The first-order valence-electron chi connectivity index (χ1n) is 6.53. The van der Waals surface area contributed by atoms with Crippen LogP contribution in [0.4, 0.5) is 4.79 Å². The van der Waals surface area contributed by atoms with Gasteiger partial charge >= 0.3 is 6.09 Å². The molecule has 0 bridgehead atoms. The molecule has 0 heterocycles. The van der Waals surface area contributed by atoms with E-state index in [0.29, 0.717) is 5.92 Å². The second-order valence-corrected chi connectivity index (χ2v) is 5.81. The summed E-state index contributed by atoms with van der Waals surface area (Å²) in [5, 5.41) is 3.00. The van der Waals surface area contributed by atoms with Gasteiger partial charge in [0, 0.05) is 6.04 Å². The molecule has 1 unspecified atom stereocenters. The molecule has 1 N–H and O–H groups in total. The van der Waals surface area contributed by atoms with Gasteiger partial charge < -0.3 is 10.1 Å². The molecule has 1 rings (SSSR count). The van der Waals surface area contributed by atoms with Crippen molar-refractivity contribution < 1.29 is 9.53 Å². The monoisotopic (exact) mass is 239 g/mol. The maximum atomic E-state index is 11.7. The Hall–Kier alpha value is -0.990. The van der Waals surface area contributed by atoms with Crippen molar-refractivity contribution in [3.05, 3.63) is 12.7 Å². The van der Waals surface area contributed by atoms with Crippen LogP contribution in [0.2, 0.25) is 0 Å². The van der Waals surface area contributed by atoms with Crippen molar-refractivity contribution in [2.45, 2.75) is 64.5 Å². The lowest BCUT2D eigenvalue weighted by atomic mass is 10.1. The molecule has 98 valence electrons. The minimum Gasteiger partial charge on any atom is -0.444 e. The van der Waals surface area contributed by atoms with Crippen molar-refractivity contribution in [3.8, 4) is 0 Å². The Morgan fingerprint density at radius 1 is 1.53 bits per heavy atom. The largest absolute Gasteiger partial charge is 0.444 e. The van der Waals surface area contributed by atoms with Crippen LogP contribution in [-0.2, 0) is 4.74 Å². The van der Waals surface area contributed by atoms with Crippen molar-refractivity contribution in [2.75, 3.05) is 0 Å². The number of nitrogens with one attached hydrogen (secondary N) is 1. The molecule has 1 amide bonds. The molecule has 3 heteroatoms. The Balaban J connectivity index is 2.33. The van der Waals surface area contributed by atoms with E-state index in [4.69, 9.17) is 4.74 Å². The fourth-order valence-corrected chi connectivity index (χ4v) is 1.87. The van der Waals surface area contributed by atoms with E-state index in [2.05, 4.69) is 11.9 Å². The van der Waals surface area contributed by atoms with Crippen LogP contribution in [0.5, 0.6) is 0 Å². The highest BCUT2D eigenvalue weighted by atomic mass is 16.6. The number of ether oxygens (including phenoxy) is 1. The van der Waals surface area contributed by atoms with Gasteiger partial charge in [-0.15, -0.1) is 6.58 Å². The summed E-state index contributed by atoms with van der Waals surface area (Å²) in [7, 11) is 0. The highest BCUT2D eigenvalue weighted by Gasteiger charge is 2.32. The summed E-state index contributed by atoms with van der Waals surface area (Å²) in [6.07, 6.45) is 7.23. The van der Waals surface area contributed by atoms with Gasteiger partial charge in [-0.1, -0.05) is 6.08 Å². The quantitative estimate of drug-likeness (QED) is 0.567. The first-order chi connectivity index (χ1) is 7.92. The maximum Gasteiger partial charge on any atom is 0.407 e. The third kappa shape index (κ3) is 6.35. The first-order valence-corrected chi connectivity index (χ1v) is 6.53. The van der Waals surface area contributed by atoms with Crippen LogP contribution in [0.15, 0.2) is 12.7 Å². The molecular formula is C14H25NO2.